The van der Waals surface area contributed by atoms with Crippen molar-refractivity contribution < 1.29 is 28.2 Å². The number of nitrogens with one attached hydrogen (secondary N) is 2. The molecule has 9 heteroatoms. The van der Waals surface area contributed by atoms with Crippen molar-refractivity contribution >= 4 is 17.6 Å². The second-order valence-electron chi connectivity index (χ2n) is 7.09. The van der Waals surface area contributed by atoms with Crippen molar-refractivity contribution in [3.05, 3.63) is 47.8 Å². The highest BCUT2D eigenvalue weighted by molar-refractivity contribution is 5.96. The monoisotopic (exact) mass is 431 g/mol. The second kappa shape index (κ2) is 10.0. The molecule has 2 N–H and O–H groups in total. The van der Waals surface area contributed by atoms with Crippen LogP contribution >= 0.6 is 0 Å². The number of nitrogens with zero attached hydrogens (tertiary/aromatic N) is 1. The summed E-state index contributed by atoms with van der Waals surface area (Å²) in [4.78, 5) is 26.8. The molecule has 0 bridgehead atoms. The largest absolute Gasteiger partial charge is 0.493 e. The van der Waals surface area contributed by atoms with Gasteiger partial charge in [0, 0.05) is 30.4 Å². The zero-order valence-electron chi connectivity index (χ0n) is 17.7. The lowest BCUT2D eigenvalue weighted by Gasteiger charge is -2.32. The predicted molar refractivity (Wildman–Crippen MR) is 114 cm³/mol. The van der Waals surface area contributed by atoms with Crippen LogP contribution in [0.5, 0.6) is 17.2 Å². The predicted octanol–water partition coefficient (Wildman–Crippen LogP) is 3.28. The van der Waals surface area contributed by atoms with Gasteiger partial charge in [-0.15, -0.1) is 0 Å². The van der Waals surface area contributed by atoms with E-state index >= 15 is 0 Å². The summed E-state index contributed by atoms with van der Waals surface area (Å²) < 4.78 is 29.2. The zero-order valence-corrected chi connectivity index (χ0v) is 17.7. The number of hydrogen-bond acceptors (Lipinski definition) is 5. The highest BCUT2D eigenvalue weighted by Gasteiger charge is 2.25. The number of ether oxygens (including phenoxy) is 3. The molecule has 1 aliphatic rings. The molecule has 0 radical (unpaired) electrons. The molecule has 3 rings (SSSR count). The third-order valence-electron chi connectivity index (χ3n) is 5.12. The van der Waals surface area contributed by atoms with Crippen LogP contribution in [0.15, 0.2) is 36.4 Å². The van der Waals surface area contributed by atoms with Crippen LogP contribution in [0.2, 0.25) is 0 Å². The first kappa shape index (κ1) is 22.2. The van der Waals surface area contributed by atoms with Crippen molar-refractivity contribution in [2.75, 3.05) is 39.7 Å². The summed E-state index contributed by atoms with van der Waals surface area (Å²) in [5, 5.41) is 5.68. The fourth-order valence-corrected chi connectivity index (χ4v) is 3.48. The highest BCUT2D eigenvalue weighted by Crippen LogP contribution is 2.38. The Kier molecular flexibility index (Phi) is 7.17. The van der Waals surface area contributed by atoms with Crippen LogP contribution in [0, 0.1) is 5.82 Å². The zero-order chi connectivity index (χ0) is 22.4. The molecule has 0 spiro atoms. The van der Waals surface area contributed by atoms with Crippen LogP contribution in [-0.4, -0.2) is 57.3 Å². The van der Waals surface area contributed by atoms with Crippen molar-refractivity contribution in [2.24, 2.45) is 0 Å². The average Bonchev–Trinajstić information content (AvgIpc) is 2.78. The van der Waals surface area contributed by atoms with Crippen LogP contribution in [0.4, 0.5) is 14.9 Å². The van der Waals surface area contributed by atoms with E-state index in [2.05, 4.69) is 10.6 Å². The van der Waals surface area contributed by atoms with Gasteiger partial charge in [0.2, 0.25) is 5.75 Å². The van der Waals surface area contributed by atoms with Gasteiger partial charge in [0.05, 0.1) is 21.3 Å². The number of anilines is 1. The minimum absolute atomic E-state index is 0.0789. The Balaban J connectivity index is 1.57. The number of halogens is 1. The van der Waals surface area contributed by atoms with E-state index < -0.39 is 5.82 Å². The number of carbonyl (C=O) groups excluding carboxylic acids is 2. The average molecular weight is 431 g/mol. The van der Waals surface area contributed by atoms with Crippen molar-refractivity contribution in [1.29, 1.82) is 0 Å². The Bertz CT molecular complexity index is 919. The lowest BCUT2D eigenvalue weighted by atomic mass is 10.0. The van der Waals surface area contributed by atoms with Gasteiger partial charge in [0.25, 0.3) is 5.91 Å². The lowest BCUT2D eigenvalue weighted by molar-refractivity contribution is 0.0918. The van der Waals surface area contributed by atoms with Crippen LogP contribution in [0.1, 0.15) is 23.2 Å². The molecule has 1 heterocycles. The summed E-state index contributed by atoms with van der Waals surface area (Å²) in [5.41, 5.74) is 0.795. The molecule has 3 amide bonds. The Morgan fingerprint density at radius 1 is 1.00 bits per heavy atom. The van der Waals surface area contributed by atoms with Crippen molar-refractivity contribution in [3.63, 3.8) is 0 Å². The van der Waals surface area contributed by atoms with Gasteiger partial charge < -0.3 is 29.7 Å². The Labute approximate surface area is 180 Å². The minimum atomic E-state index is -0.411. The molecule has 0 unspecified atom stereocenters. The maximum atomic E-state index is 13.3. The van der Waals surface area contributed by atoms with E-state index in [9.17, 15) is 14.0 Å². The number of methoxy groups -OCH3 is 3. The smallest absolute Gasteiger partial charge is 0.321 e. The molecule has 2 aromatic rings. The van der Waals surface area contributed by atoms with Crippen LogP contribution in [-0.2, 0) is 0 Å². The molecule has 0 aromatic heterocycles. The van der Waals surface area contributed by atoms with Gasteiger partial charge in [-0.05, 0) is 43.2 Å². The number of benzene rings is 2. The number of piperidine rings is 1. The second-order valence-corrected chi connectivity index (χ2v) is 7.09. The van der Waals surface area contributed by atoms with E-state index in [1.807, 2.05) is 0 Å². The molecule has 8 nitrogen and oxygen atoms in total. The van der Waals surface area contributed by atoms with E-state index in [0.29, 0.717) is 54.4 Å². The van der Waals surface area contributed by atoms with Crippen molar-refractivity contribution in [2.45, 2.75) is 18.9 Å². The van der Waals surface area contributed by atoms with Gasteiger partial charge in [0.1, 0.15) is 5.82 Å². The van der Waals surface area contributed by atoms with E-state index in [1.165, 1.54) is 39.5 Å². The molecule has 0 aliphatic carbocycles. The maximum Gasteiger partial charge on any atom is 0.321 e. The fourth-order valence-electron chi connectivity index (χ4n) is 3.48. The number of hydrogen-bond donors (Lipinski definition) is 2. The summed E-state index contributed by atoms with van der Waals surface area (Å²) in [7, 11) is 4.48. The van der Waals surface area contributed by atoms with E-state index in [0.717, 1.165) is 0 Å². The summed E-state index contributed by atoms with van der Waals surface area (Å²) in [6, 6.07) is 8.57. The van der Waals surface area contributed by atoms with Crippen LogP contribution in [0.25, 0.3) is 0 Å². The molecule has 1 fully saturated rings. The van der Waals surface area contributed by atoms with Gasteiger partial charge in [-0.3, -0.25) is 4.79 Å². The molecule has 0 atom stereocenters. The molecule has 166 valence electrons. The van der Waals surface area contributed by atoms with Gasteiger partial charge in [-0.1, -0.05) is 6.07 Å². The standard InChI is InChI=1S/C22H26FN3O5/c1-29-18-11-14(12-19(30-2)20(18)31-3)21(27)24-16-7-9-26(10-8-16)22(28)25-17-6-4-5-15(23)13-17/h4-6,11-13,16H,7-10H2,1-3H3,(H,24,27)(H,25,28). The summed E-state index contributed by atoms with van der Waals surface area (Å²) in [6.07, 6.45) is 1.21. The molecule has 0 saturated carbocycles. The third-order valence-corrected chi connectivity index (χ3v) is 5.12. The Morgan fingerprint density at radius 3 is 2.19 bits per heavy atom. The first-order valence-corrected chi connectivity index (χ1v) is 9.87. The molecule has 2 aromatic carbocycles. The SMILES string of the molecule is COc1cc(C(=O)NC2CCN(C(=O)Nc3cccc(F)c3)CC2)cc(OC)c1OC. The lowest BCUT2D eigenvalue weighted by Crippen LogP contribution is -2.47. The van der Waals surface area contributed by atoms with Gasteiger partial charge in [-0.25, -0.2) is 9.18 Å². The van der Waals surface area contributed by atoms with Crippen LogP contribution < -0.4 is 24.8 Å². The summed E-state index contributed by atoms with van der Waals surface area (Å²) in [6.45, 7) is 0.947. The number of urea groups is 1. The number of amides is 3. The van der Waals surface area contributed by atoms with Gasteiger partial charge in [0.15, 0.2) is 11.5 Å². The van der Waals surface area contributed by atoms with E-state index in [4.69, 9.17) is 14.2 Å². The molecule has 1 aliphatic heterocycles. The quantitative estimate of drug-likeness (QED) is 0.733. The number of carbonyl (C=O) groups is 2. The first-order chi connectivity index (χ1) is 14.9. The van der Waals surface area contributed by atoms with Gasteiger partial charge in [-0.2, -0.15) is 0 Å². The fraction of sp³-hybridized carbons (Fsp3) is 0.364. The molecule has 31 heavy (non-hydrogen) atoms. The maximum absolute atomic E-state index is 13.3. The molecule has 1 saturated heterocycles. The summed E-state index contributed by atoms with van der Waals surface area (Å²) >= 11 is 0. The van der Waals surface area contributed by atoms with E-state index in [1.54, 1.807) is 23.1 Å². The normalized spacial score (nSPS) is 14.0. The van der Waals surface area contributed by atoms with Crippen LogP contribution in [0.3, 0.4) is 0 Å². The minimum Gasteiger partial charge on any atom is -0.493 e. The van der Waals surface area contributed by atoms with Gasteiger partial charge >= 0.3 is 6.03 Å². The summed E-state index contributed by atoms with van der Waals surface area (Å²) in [5.74, 6) is 0.541. The topological polar surface area (TPSA) is 89.1 Å². The number of rotatable bonds is 6. The van der Waals surface area contributed by atoms with E-state index in [-0.39, 0.29) is 18.0 Å². The third kappa shape index (κ3) is 5.36. The first-order valence-electron chi connectivity index (χ1n) is 9.87. The van der Waals surface area contributed by atoms with Crippen molar-refractivity contribution in [1.82, 2.24) is 10.2 Å². The van der Waals surface area contributed by atoms with Crippen molar-refractivity contribution in [3.8, 4) is 17.2 Å². The number of likely N-dealkylation sites (tertiary alicyclic amines) is 1. The molecular formula is C22H26FN3O5. The Morgan fingerprint density at radius 2 is 1.65 bits per heavy atom. The Hall–Kier alpha value is -3.49. The highest BCUT2D eigenvalue weighted by atomic mass is 19.1. The molecular weight excluding hydrogens is 405 g/mol.